The van der Waals surface area contributed by atoms with Crippen molar-refractivity contribution in [1.82, 2.24) is 9.78 Å². The van der Waals surface area contributed by atoms with Gasteiger partial charge in [-0.2, -0.15) is 5.10 Å². The van der Waals surface area contributed by atoms with E-state index in [0.29, 0.717) is 17.3 Å². The fraction of sp³-hybridized carbons (Fsp3) is 0.105. The van der Waals surface area contributed by atoms with E-state index in [0.717, 1.165) is 11.1 Å². The van der Waals surface area contributed by atoms with Crippen molar-refractivity contribution in [2.75, 3.05) is 11.1 Å². The zero-order valence-corrected chi connectivity index (χ0v) is 14.4. The number of carbonyl (C=O) groups excluding carboxylic acids is 1. The number of fused-ring (bicyclic) bond motifs is 1. The number of thioether (sulfide) groups is 1. The molecule has 1 amide bonds. The number of benzene rings is 2. The van der Waals surface area contributed by atoms with Gasteiger partial charge in [-0.1, -0.05) is 30.3 Å². The van der Waals surface area contributed by atoms with Crippen LogP contribution in [0.2, 0.25) is 0 Å². The molecule has 2 N–H and O–H groups in total. The minimum absolute atomic E-state index is 0.00260. The molecule has 0 unspecified atom stereocenters. The number of hydrogen-bond donors (Lipinski definition) is 2. The summed E-state index contributed by atoms with van der Waals surface area (Å²) in [6.07, 6.45) is 1.76. The predicted molar refractivity (Wildman–Crippen MR) is 99.9 cm³/mol. The number of aromatic nitrogens is 2. The molecule has 1 atom stereocenters. The van der Waals surface area contributed by atoms with Crippen LogP contribution >= 0.6 is 11.8 Å². The van der Waals surface area contributed by atoms with Crippen molar-refractivity contribution in [3.8, 4) is 5.69 Å². The van der Waals surface area contributed by atoms with Gasteiger partial charge in [-0.05, 0) is 29.8 Å². The Hall–Kier alpha value is -3.06. The van der Waals surface area contributed by atoms with E-state index in [1.165, 1.54) is 12.1 Å². The van der Waals surface area contributed by atoms with E-state index in [4.69, 9.17) is 5.11 Å². The summed E-state index contributed by atoms with van der Waals surface area (Å²) in [6, 6.07) is 16.4. The molecule has 2 aromatic carbocycles. The van der Waals surface area contributed by atoms with Crippen molar-refractivity contribution < 1.29 is 14.7 Å². The van der Waals surface area contributed by atoms with Crippen LogP contribution in [0.5, 0.6) is 0 Å². The SMILES string of the molecule is O=C1CS[C@@H](c2ccccc2)c2cnn(-c3ccc(C(=O)O)cc3)c2N1. The normalized spacial score (nSPS) is 16.5. The maximum Gasteiger partial charge on any atom is 0.335 e. The average Bonchev–Trinajstić information content (AvgIpc) is 2.98. The Labute approximate surface area is 153 Å². The van der Waals surface area contributed by atoms with Gasteiger partial charge in [0, 0.05) is 5.56 Å². The van der Waals surface area contributed by atoms with Gasteiger partial charge in [0.1, 0.15) is 5.82 Å². The second-order valence-corrected chi connectivity index (χ2v) is 6.96. The standard InChI is InChI=1S/C19H15N3O3S/c23-16-11-26-17(12-4-2-1-3-5-12)15-10-20-22(18(15)21-16)14-8-6-13(7-9-14)19(24)25/h1-10,17H,11H2,(H,21,23)(H,24,25)/t17-/m0/s1. The molecule has 0 saturated heterocycles. The van der Waals surface area contributed by atoms with Gasteiger partial charge < -0.3 is 10.4 Å². The number of nitrogens with zero attached hydrogens (tertiary/aromatic N) is 2. The quantitative estimate of drug-likeness (QED) is 0.744. The van der Waals surface area contributed by atoms with Gasteiger partial charge >= 0.3 is 5.97 Å². The van der Waals surface area contributed by atoms with Gasteiger partial charge in [-0.25, -0.2) is 9.48 Å². The Kier molecular flexibility index (Phi) is 4.22. The first-order valence-corrected chi connectivity index (χ1v) is 9.06. The zero-order valence-electron chi connectivity index (χ0n) is 13.6. The molecule has 0 radical (unpaired) electrons. The van der Waals surface area contributed by atoms with Gasteiger partial charge in [-0.3, -0.25) is 4.79 Å². The highest BCUT2D eigenvalue weighted by atomic mass is 32.2. The number of carboxylic acid groups (broad SMARTS) is 1. The van der Waals surface area contributed by atoms with Crippen LogP contribution in [-0.4, -0.2) is 32.5 Å². The summed E-state index contributed by atoms with van der Waals surface area (Å²) in [5.74, 6) is -0.0909. The van der Waals surface area contributed by atoms with E-state index in [-0.39, 0.29) is 16.7 Å². The van der Waals surface area contributed by atoms with Gasteiger partial charge in [0.15, 0.2) is 0 Å². The molecule has 3 aromatic rings. The van der Waals surface area contributed by atoms with Crippen LogP contribution in [0.25, 0.3) is 5.69 Å². The number of rotatable bonds is 3. The van der Waals surface area contributed by atoms with Crippen LogP contribution in [0.4, 0.5) is 5.82 Å². The monoisotopic (exact) mass is 365 g/mol. The summed E-state index contributed by atoms with van der Waals surface area (Å²) in [5.41, 5.74) is 2.93. The third-order valence-electron chi connectivity index (χ3n) is 4.18. The summed E-state index contributed by atoms with van der Waals surface area (Å²) >= 11 is 1.56. The predicted octanol–water partition coefficient (Wildman–Crippen LogP) is 3.35. The molecule has 6 nitrogen and oxygen atoms in total. The van der Waals surface area contributed by atoms with Crippen molar-refractivity contribution in [3.63, 3.8) is 0 Å². The summed E-state index contributed by atoms with van der Waals surface area (Å²) in [5, 5.41) is 16.4. The number of anilines is 1. The molecule has 0 spiro atoms. The fourth-order valence-corrected chi connectivity index (χ4v) is 4.03. The first-order valence-electron chi connectivity index (χ1n) is 8.01. The largest absolute Gasteiger partial charge is 0.478 e. The molecule has 0 saturated carbocycles. The van der Waals surface area contributed by atoms with Crippen molar-refractivity contribution >= 4 is 29.5 Å². The maximum absolute atomic E-state index is 12.2. The smallest absolute Gasteiger partial charge is 0.335 e. The van der Waals surface area contributed by atoms with Gasteiger partial charge in [0.25, 0.3) is 0 Å². The summed E-state index contributed by atoms with van der Waals surface area (Å²) in [4.78, 5) is 23.2. The summed E-state index contributed by atoms with van der Waals surface area (Å²) in [7, 11) is 0. The lowest BCUT2D eigenvalue weighted by Crippen LogP contribution is -2.15. The van der Waals surface area contributed by atoms with Crippen LogP contribution in [-0.2, 0) is 4.79 Å². The van der Waals surface area contributed by atoms with E-state index in [1.54, 1.807) is 34.8 Å². The molecule has 1 aromatic heterocycles. The molecule has 1 aliphatic rings. The van der Waals surface area contributed by atoms with E-state index >= 15 is 0 Å². The molecule has 130 valence electrons. The zero-order chi connectivity index (χ0) is 18.1. The number of carbonyl (C=O) groups is 2. The molecule has 4 rings (SSSR count). The Bertz CT molecular complexity index is 967. The second kappa shape index (κ2) is 6.68. The lowest BCUT2D eigenvalue weighted by molar-refractivity contribution is -0.113. The van der Waals surface area contributed by atoms with Crippen molar-refractivity contribution in [2.45, 2.75) is 5.25 Å². The Morgan fingerprint density at radius 2 is 1.88 bits per heavy atom. The van der Waals surface area contributed by atoms with Crippen LogP contribution in [0, 0.1) is 0 Å². The second-order valence-electron chi connectivity index (χ2n) is 5.86. The third-order valence-corrected chi connectivity index (χ3v) is 5.47. The molecule has 0 aliphatic carbocycles. The minimum atomic E-state index is -0.982. The van der Waals surface area contributed by atoms with Crippen molar-refractivity contribution in [2.24, 2.45) is 0 Å². The molecular formula is C19H15N3O3S. The molecule has 7 heteroatoms. The van der Waals surface area contributed by atoms with E-state index in [1.807, 2.05) is 30.3 Å². The van der Waals surface area contributed by atoms with Crippen molar-refractivity contribution in [3.05, 3.63) is 77.5 Å². The number of hydrogen-bond acceptors (Lipinski definition) is 4. The molecule has 26 heavy (non-hydrogen) atoms. The van der Waals surface area contributed by atoms with Crippen LogP contribution < -0.4 is 5.32 Å². The molecule has 1 aliphatic heterocycles. The van der Waals surface area contributed by atoms with Gasteiger partial charge in [0.05, 0.1) is 28.5 Å². The maximum atomic E-state index is 12.2. The van der Waals surface area contributed by atoms with Crippen LogP contribution in [0.3, 0.4) is 0 Å². The molecule has 0 bridgehead atoms. The first-order chi connectivity index (χ1) is 12.6. The van der Waals surface area contributed by atoms with Gasteiger partial charge in [-0.15, -0.1) is 11.8 Å². The molecule has 0 fully saturated rings. The van der Waals surface area contributed by atoms with Crippen molar-refractivity contribution in [1.29, 1.82) is 0 Å². The highest BCUT2D eigenvalue weighted by Gasteiger charge is 2.28. The lowest BCUT2D eigenvalue weighted by Gasteiger charge is -2.14. The number of amides is 1. The Morgan fingerprint density at radius 3 is 2.58 bits per heavy atom. The Morgan fingerprint density at radius 1 is 1.15 bits per heavy atom. The average molecular weight is 365 g/mol. The lowest BCUT2D eigenvalue weighted by atomic mass is 10.1. The number of aromatic carboxylic acids is 1. The summed E-state index contributed by atoms with van der Waals surface area (Å²) in [6.45, 7) is 0. The Balaban J connectivity index is 1.79. The minimum Gasteiger partial charge on any atom is -0.478 e. The number of carboxylic acids is 1. The van der Waals surface area contributed by atoms with Crippen LogP contribution in [0.15, 0.2) is 60.8 Å². The molecule has 2 heterocycles. The van der Waals surface area contributed by atoms with E-state index in [9.17, 15) is 9.59 Å². The van der Waals surface area contributed by atoms with Gasteiger partial charge in [0.2, 0.25) is 5.91 Å². The van der Waals surface area contributed by atoms with E-state index < -0.39 is 5.97 Å². The fourth-order valence-electron chi connectivity index (χ4n) is 2.94. The summed E-state index contributed by atoms with van der Waals surface area (Å²) < 4.78 is 1.64. The highest BCUT2D eigenvalue weighted by molar-refractivity contribution is 8.00. The highest BCUT2D eigenvalue weighted by Crippen LogP contribution is 2.41. The topological polar surface area (TPSA) is 84.2 Å². The van der Waals surface area contributed by atoms with E-state index in [2.05, 4.69) is 10.4 Å². The third kappa shape index (κ3) is 2.97. The first kappa shape index (κ1) is 16.4. The number of nitrogens with one attached hydrogen (secondary N) is 1. The van der Waals surface area contributed by atoms with Crippen LogP contribution in [0.1, 0.15) is 26.7 Å². The molecular weight excluding hydrogens is 350 g/mol.